The van der Waals surface area contributed by atoms with E-state index in [9.17, 15) is 14.0 Å². The SMILES string of the molecule is Cn1cc(-c2ccc(CN3C(=O)C(=O)c4ccccc43)c(F)c2)cn1. The molecule has 124 valence electrons. The topological polar surface area (TPSA) is 55.2 Å². The maximum atomic E-state index is 14.5. The number of anilines is 1. The van der Waals surface area contributed by atoms with Gasteiger partial charge in [0, 0.05) is 24.4 Å². The summed E-state index contributed by atoms with van der Waals surface area (Å²) in [6, 6.07) is 11.6. The molecular weight excluding hydrogens is 321 g/mol. The number of carbonyl (C=O) groups is 2. The third kappa shape index (κ3) is 2.52. The Balaban J connectivity index is 1.66. The first-order valence-corrected chi connectivity index (χ1v) is 7.77. The Morgan fingerprint density at radius 1 is 1.08 bits per heavy atom. The number of halogens is 1. The number of benzene rings is 2. The first-order valence-electron chi connectivity index (χ1n) is 7.77. The molecule has 0 atom stereocenters. The normalized spacial score (nSPS) is 13.4. The van der Waals surface area contributed by atoms with Gasteiger partial charge in [-0.1, -0.05) is 24.3 Å². The van der Waals surface area contributed by atoms with Crippen LogP contribution < -0.4 is 4.90 Å². The van der Waals surface area contributed by atoms with Crippen molar-refractivity contribution in [3.63, 3.8) is 0 Å². The van der Waals surface area contributed by atoms with Gasteiger partial charge in [-0.05, 0) is 23.8 Å². The van der Waals surface area contributed by atoms with Gasteiger partial charge in [-0.3, -0.25) is 14.3 Å². The molecule has 3 aromatic rings. The van der Waals surface area contributed by atoms with Gasteiger partial charge in [0.25, 0.3) is 11.7 Å². The van der Waals surface area contributed by atoms with Gasteiger partial charge in [0.2, 0.25) is 0 Å². The molecule has 6 heteroatoms. The Hall–Kier alpha value is -3.28. The molecule has 25 heavy (non-hydrogen) atoms. The lowest BCUT2D eigenvalue weighted by Crippen LogP contribution is -2.29. The van der Waals surface area contributed by atoms with Crippen LogP contribution in [-0.2, 0) is 18.4 Å². The number of amides is 1. The van der Waals surface area contributed by atoms with E-state index in [4.69, 9.17) is 0 Å². The van der Waals surface area contributed by atoms with E-state index in [-0.39, 0.29) is 6.54 Å². The summed E-state index contributed by atoms with van der Waals surface area (Å²) in [5, 5.41) is 4.08. The van der Waals surface area contributed by atoms with Crippen molar-refractivity contribution >= 4 is 17.4 Å². The molecule has 1 aromatic heterocycles. The molecule has 1 amide bonds. The van der Waals surface area contributed by atoms with E-state index >= 15 is 0 Å². The van der Waals surface area contributed by atoms with Crippen LogP contribution in [0.15, 0.2) is 54.9 Å². The minimum atomic E-state index is -0.628. The van der Waals surface area contributed by atoms with Crippen LogP contribution >= 0.6 is 0 Å². The highest BCUT2D eigenvalue weighted by Crippen LogP contribution is 2.31. The maximum Gasteiger partial charge on any atom is 0.299 e. The van der Waals surface area contributed by atoms with Crippen molar-refractivity contribution in [3.8, 4) is 11.1 Å². The van der Waals surface area contributed by atoms with Crippen molar-refractivity contribution in [1.82, 2.24) is 9.78 Å². The monoisotopic (exact) mass is 335 g/mol. The molecule has 5 nitrogen and oxygen atoms in total. The number of fused-ring (bicyclic) bond motifs is 1. The molecule has 0 N–H and O–H groups in total. The van der Waals surface area contributed by atoms with E-state index in [0.29, 0.717) is 22.4 Å². The Bertz CT molecular complexity index is 1010. The molecule has 4 rings (SSSR count). The lowest BCUT2D eigenvalue weighted by molar-refractivity contribution is -0.114. The second-order valence-corrected chi connectivity index (χ2v) is 5.95. The summed E-state index contributed by atoms with van der Waals surface area (Å²) in [4.78, 5) is 25.6. The van der Waals surface area contributed by atoms with E-state index in [1.54, 1.807) is 60.5 Å². The van der Waals surface area contributed by atoms with Gasteiger partial charge >= 0.3 is 0 Å². The lowest BCUT2D eigenvalue weighted by Gasteiger charge is -2.17. The van der Waals surface area contributed by atoms with E-state index in [1.807, 2.05) is 0 Å². The summed E-state index contributed by atoms with van der Waals surface area (Å²) in [5.74, 6) is -1.61. The van der Waals surface area contributed by atoms with Gasteiger partial charge in [0.1, 0.15) is 5.82 Å². The fraction of sp³-hybridized carbons (Fsp3) is 0.105. The van der Waals surface area contributed by atoms with Gasteiger partial charge < -0.3 is 4.90 Å². The Labute approximate surface area is 143 Å². The van der Waals surface area contributed by atoms with Crippen LogP contribution in [0.2, 0.25) is 0 Å². The number of ketones is 1. The molecule has 2 heterocycles. The molecular formula is C19H14FN3O2. The van der Waals surface area contributed by atoms with Crippen LogP contribution in [-0.4, -0.2) is 21.5 Å². The number of hydrogen-bond donors (Lipinski definition) is 0. The average Bonchev–Trinajstić information content (AvgIpc) is 3.14. The van der Waals surface area contributed by atoms with Crippen molar-refractivity contribution in [2.24, 2.45) is 7.05 Å². The Kier molecular flexibility index (Phi) is 3.46. The molecule has 1 aliphatic rings. The van der Waals surface area contributed by atoms with Gasteiger partial charge in [0.05, 0.1) is 24.0 Å². The highest BCUT2D eigenvalue weighted by molar-refractivity contribution is 6.52. The molecule has 0 bridgehead atoms. The first-order chi connectivity index (χ1) is 12.0. The quantitative estimate of drug-likeness (QED) is 0.692. The summed E-state index contributed by atoms with van der Waals surface area (Å²) < 4.78 is 16.2. The number of rotatable bonds is 3. The minimum Gasteiger partial charge on any atom is -0.300 e. The van der Waals surface area contributed by atoms with E-state index in [2.05, 4.69) is 5.10 Å². The average molecular weight is 335 g/mol. The number of carbonyl (C=O) groups excluding carboxylic acids is 2. The van der Waals surface area contributed by atoms with Crippen molar-refractivity contribution in [2.45, 2.75) is 6.54 Å². The summed E-state index contributed by atoms with van der Waals surface area (Å²) in [6.07, 6.45) is 3.46. The van der Waals surface area contributed by atoms with Gasteiger partial charge in [-0.15, -0.1) is 0 Å². The highest BCUT2D eigenvalue weighted by atomic mass is 19.1. The highest BCUT2D eigenvalue weighted by Gasteiger charge is 2.35. The van der Waals surface area contributed by atoms with Crippen LogP contribution in [0.4, 0.5) is 10.1 Å². The standard InChI is InChI=1S/C19H14FN3O2/c1-22-10-14(9-21-22)12-6-7-13(16(20)8-12)11-23-17-5-3-2-4-15(17)18(24)19(23)25/h2-10H,11H2,1H3. The molecule has 0 spiro atoms. The van der Waals surface area contributed by atoms with E-state index in [1.165, 1.54) is 11.0 Å². The number of para-hydroxylation sites is 1. The third-order valence-corrected chi connectivity index (χ3v) is 4.30. The van der Waals surface area contributed by atoms with Crippen LogP contribution in [0.3, 0.4) is 0 Å². The maximum absolute atomic E-state index is 14.5. The van der Waals surface area contributed by atoms with E-state index < -0.39 is 17.5 Å². The number of Topliss-reactive ketones (excluding diaryl/α,β-unsaturated/α-hetero) is 1. The molecule has 0 aliphatic carbocycles. The summed E-state index contributed by atoms with van der Waals surface area (Å²) in [6.45, 7) is 0.0146. The zero-order chi connectivity index (χ0) is 17.6. The number of aryl methyl sites for hydroxylation is 1. The zero-order valence-corrected chi connectivity index (χ0v) is 13.4. The first kappa shape index (κ1) is 15.3. The fourth-order valence-electron chi connectivity index (χ4n) is 3.00. The number of hydrogen-bond acceptors (Lipinski definition) is 3. The lowest BCUT2D eigenvalue weighted by atomic mass is 10.1. The molecule has 0 unspecified atom stereocenters. The molecule has 1 aliphatic heterocycles. The predicted octanol–water partition coefficient (Wildman–Crippen LogP) is 2.96. The van der Waals surface area contributed by atoms with Crippen molar-refractivity contribution < 1.29 is 14.0 Å². The predicted molar refractivity (Wildman–Crippen MR) is 90.6 cm³/mol. The number of aromatic nitrogens is 2. The van der Waals surface area contributed by atoms with Crippen LogP contribution in [0.25, 0.3) is 11.1 Å². The second kappa shape index (κ2) is 5.66. The van der Waals surface area contributed by atoms with Crippen LogP contribution in [0, 0.1) is 5.82 Å². The largest absolute Gasteiger partial charge is 0.300 e. The fourth-order valence-corrected chi connectivity index (χ4v) is 3.00. The number of nitrogens with zero attached hydrogens (tertiary/aromatic N) is 3. The van der Waals surface area contributed by atoms with Crippen molar-refractivity contribution in [3.05, 3.63) is 71.8 Å². The van der Waals surface area contributed by atoms with Gasteiger partial charge in [0.15, 0.2) is 0 Å². The molecule has 0 saturated carbocycles. The van der Waals surface area contributed by atoms with Gasteiger partial charge in [-0.2, -0.15) is 5.10 Å². The zero-order valence-electron chi connectivity index (χ0n) is 13.4. The van der Waals surface area contributed by atoms with Crippen molar-refractivity contribution in [1.29, 1.82) is 0 Å². The molecule has 0 saturated heterocycles. The summed E-state index contributed by atoms with van der Waals surface area (Å²) in [5.41, 5.74) is 2.75. The molecule has 2 aromatic carbocycles. The van der Waals surface area contributed by atoms with Gasteiger partial charge in [-0.25, -0.2) is 4.39 Å². The Morgan fingerprint density at radius 2 is 1.88 bits per heavy atom. The third-order valence-electron chi connectivity index (χ3n) is 4.30. The smallest absolute Gasteiger partial charge is 0.299 e. The van der Waals surface area contributed by atoms with Crippen LogP contribution in [0.1, 0.15) is 15.9 Å². The molecule has 0 radical (unpaired) electrons. The van der Waals surface area contributed by atoms with Crippen LogP contribution in [0.5, 0.6) is 0 Å². The van der Waals surface area contributed by atoms with Crippen molar-refractivity contribution in [2.75, 3.05) is 4.90 Å². The summed E-state index contributed by atoms with van der Waals surface area (Å²) >= 11 is 0. The Morgan fingerprint density at radius 3 is 2.60 bits per heavy atom. The second-order valence-electron chi connectivity index (χ2n) is 5.95. The minimum absolute atomic E-state index is 0.0146. The summed E-state index contributed by atoms with van der Waals surface area (Å²) in [7, 11) is 1.79. The molecule has 0 fully saturated rings. The van der Waals surface area contributed by atoms with E-state index in [0.717, 1.165) is 5.56 Å².